The van der Waals surface area contributed by atoms with Crippen molar-refractivity contribution in [2.24, 2.45) is 0 Å². The maximum Gasteiger partial charge on any atom is 0.247 e. The summed E-state index contributed by atoms with van der Waals surface area (Å²) in [5, 5.41) is 22.3. The summed E-state index contributed by atoms with van der Waals surface area (Å²) < 4.78 is 17.8. The zero-order chi connectivity index (χ0) is 29.1. The summed E-state index contributed by atoms with van der Waals surface area (Å²) in [5.74, 6) is 0.687. The molecule has 2 amide bonds. The summed E-state index contributed by atoms with van der Waals surface area (Å²) in [6, 6.07) is 16.6. The highest BCUT2D eigenvalue weighted by atomic mass is 16.7. The van der Waals surface area contributed by atoms with E-state index in [1.807, 2.05) is 36.4 Å². The first kappa shape index (κ1) is 27.4. The molecule has 42 heavy (non-hydrogen) atoms. The Labute approximate surface area is 243 Å². The van der Waals surface area contributed by atoms with Gasteiger partial charge in [-0.15, -0.1) is 5.10 Å². The average molecular weight is 572 g/mol. The zero-order valence-electron chi connectivity index (χ0n) is 23.4. The van der Waals surface area contributed by atoms with Gasteiger partial charge in [0.15, 0.2) is 23.0 Å². The Morgan fingerprint density at radius 3 is 2.69 bits per heavy atom. The van der Waals surface area contributed by atoms with E-state index in [1.165, 1.54) is 22.8 Å². The molecule has 1 aliphatic carbocycles. The van der Waals surface area contributed by atoms with Crippen molar-refractivity contribution in [3.63, 3.8) is 0 Å². The molecule has 218 valence electrons. The van der Waals surface area contributed by atoms with Crippen LogP contribution in [-0.2, 0) is 22.7 Å². The molecule has 11 heteroatoms. The highest BCUT2D eigenvalue weighted by Crippen LogP contribution is 2.36. The van der Waals surface area contributed by atoms with Gasteiger partial charge in [-0.2, -0.15) is 0 Å². The smallest absolute Gasteiger partial charge is 0.247 e. The lowest BCUT2D eigenvalue weighted by Gasteiger charge is -2.33. The number of phenols is 1. The van der Waals surface area contributed by atoms with Crippen molar-refractivity contribution < 1.29 is 28.9 Å². The summed E-state index contributed by atoms with van der Waals surface area (Å²) in [6.07, 6.45) is 4.99. The number of hydrogen-bond acceptors (Lipinski definition) is 8. The van der Waals surface area contributed by atoms with Gasteiger partial charge in [0, 0.05) is 12.6 Å². The first-order chi connectivity index (χ1) is 20.5. The lowest BCUT2D eigenvalue weighted by molar-refractivity contribution is -0.142. The van der Waals surface area contributed by atoms with Crippen LogP contribution < -0.4 is 19.5 Å². The van der Waals surface area contributed by atoms with E-state index in [4.69, 9.17) is 14.2 Å². The second-order valence-corrected chi connectivity index (χ2v) is 10.6. The number of nitrogens with one attached hydrogen (secondary N) is 1. The van der Waals surface area contributed by atoms with Crippen molar-refractivity contribution in [3.05, 3.63) is 71.8 Å². The molecule has 11 nitrogen and oxygen atoms in total. The van der Waals surface area contributed by atoms with Crippen molar-refractivity contribution >= 4 is 22.8 Å². The standard InChI is InChI=1S/C31H33N5O6/c1-40-26-14-12-21(16-25(26)37)30(31(39)32-22-7-3-2-4-8-22)35(17-20-11-13-27-28(15-20)42-19-41-27)29(38)18-36-24-10-6-5-9-23(24)33-34-36/h5-6,9-16,22,30,37H,2-4,7-8,17-19H2,1H3,(H,32,39)/t30-/m0/s1. The van der Waals surface area contributed by atoms with Crippen LogP contribution in [0.2, 0.25) is 0 Å². The third kappa shape index (κ3) is 5.67. The molecule has 1 aromatic heterocycles. The Balaban J connectivity index is 1.39. The molecule has 1 fully saturated rings. The molecule has 0 radical (unpaired) electrons. The van der Waals surface area contributed by atoms with Gasteiger partial charge >= 0.3 is 0 Å². The first-order valence-electron chi connectivity index (χ1n) is 14.1. The van der Waals surface area contributed by atoms with Gasteiger partial charge in [0.2, 0.25) is 18.6 Å². The maximum atomic E-state index is 14.2. The van der Waals surface area contributed by atoms with E-state index < -0.39 is 6.04 Å². The van der Waals surface area contributed by atoms with Crippen LogP contribution in [0.1, 0.15) is 49.3 Å². The molecule has 0 unspecified atom stereocenters. The normalized spacial score (nSPS) is 15.4. The Bertz CT molecular complexity index is 1600. The molecule has 1 aliphatic heterocycles. The monoisotopic (exact) mass is 571 g/mol. The lowest BCUT2D eigenvalue weighted by atomic mass is 9.94. The van der Waals surface area contributed by atoms with E-state index in [0.29, 0.717) is 28.1 Å². The number of amides is 2. The number of benzene rings is 3. The van der Waals surface area contributed by atoms with E-state index in [-0.39, 0.29) is 49.2 Å². The summed E-state index contributed by atoms with van der Waals surface area (Å²) in [5.41, 5.74) is 2.59. The van der Waals surface area contributed by atoms with Crippen LogP contribution >= 0.6 is 0 Å². The first-order valence-corrected chi connectivity index (χ1v) is 14.1. The average Bonchev–Trinajstić information content (AvgIpc) is 3.64. The molecule has 1 atom stereocenters. The van der Waals surface area contributed by atoms with E-state index in [0.717, 1.165) is 37.7 Å². The van der Waals surface area contributed by atoms with Gasteiger partial charge in [0.25, 0.3) is 0 Å². The molecular formula is C31H33N5O6. The fraction of sp³-hybridized carbons (Fsp3) is 0.355. The number of para-hydroxylation sites is 1. The van der Waals surface area contributed by atoms with Crippen molar-refractivity contribution in [1.82, 2.24) is 25.2 Å². The number of carbonyl (C=O) groups excluding carboxylic acids is 2. The summed E-state index contributed by atoms with van der Waals surface area (Å²) in [4.78, 5) is 29.9. The van der Waals surface area contributed by atoms with Crippen molar-refractivity contribution in [2.75, 3.05) is 13.9 Å². The minimum absolute atomic E-state index is 0.0161. The number of fused-ring (bicyclic) bond motifs is 2. The molecule has 0 spiro atoms. The molecule has 0 saturated heterocycles. The maximum absolute atomic E-state index is 14.2. The number of phenolic OH excluding ortho intramolecular Hbond substituents is 1. The van der Waals surface area contributed by atoms with Gasteiger partial charge in [0.05, 0.1) is 12.6 Å². The zero-order valence-corrected chi connectivity index (χ0v) is 23.4. The minimum Gasteiger partial charge on any atom is -0.504 e. The van der Waals surface area contributed by atoms with Gasteiger partial charge in [-0.1, -0.05) is 48.7 Å². The van der Waals surface area contributed by atoms with Crippen molar-refractivity contribution in [1.29, 1.82) is 0 Å². The molecule has 2 aliphatic rings. The lowest BCUT2D eigenvalue weighted by Crippen LogP contribution is -2.47. The molecule has 1 saturated carbocycles. The Morgan fingerprint density at radius 2 is 1.88 bits per heavy atom. The van der Waals surface area contributed by atoms with Crippen LogP contribution in [0.5, 0.6) is 23.0 Å². The Kier molecular flexibility index (Phi) is 7.81. The van der Waals surface area contributed by atoms with Crippen molar-refractivity contribution in [2.45, 2.75) is 57.3 Å². The third-order valence-electron chi connectivity index (χ3n) is 7.85. The van der Waals surface area contributed by atoms with Gasteiger partial charge in [-0.05, 0) is 60.4 Å². The fourth-order valence-corrected chi connectivity index (χ4v) is 5.69. The highest BCUT2D eigenvalue weighted by Gasteiger charge is 2.34. The van der Waals surface area contributed by atoms with E-state index in [1.54, 1.807) is 18.2 Å². The molecule has 3 aromatic carbocycles. The number of carbonyl (C=O) groups is 2. The van der Waals surface area contributed by atoms with Crippen LogP contribution in [0, 0.1) is 0 Å². The second-order valence-electron chi connectivity index (χ2n) is 10.6. The van der Waals surface area contributed by atoms with Crippen LogP contribution in [0.3, 0.4) is 0 Å². The molecule has 4 aromatic rings. The topological polar surface area (TPSA) is 128 Å². The van der Waals surface area contributed by atoms with Crippen LogP contribution in [-0.4, -0.2) is 56.8 Å². The number of ether oxygens (including phenoxy) is 3. The summed E-state index contributed by atoms with van der Waals surface area (Å²) >= 11 is 0. The highest BCUT2D eigenvalue weighted by molar-refractivity contribution is 5.89. The van der Waals surface area contributed by atoms with Crippen LogP contribution in [0.25, 0.3) is 11.0 Å². The van der Waals surface area contributed by atoms with E-state index >= 15 is 0 Å². The number of methoxy groups -OCH3 is 1. The number of nitrogens with zero attached hydrogens (tertiary/aromatic N) is 4. The van der Waals surface area contributed by atoms with E-state index in [2.05, 4.69) is 15.6 Å². The molecule has 0 bridgehead atoms. The van der Waals surface area contributed by atoms with Crippen LogP contribution in [0.4, 0.5) is 0 Å². The number of aromatic hydroxyl groups is 1. The molecular weight excluding hydrogens is 538 g/mol. The SMILES string of the molecule is COc1ccc([C@@H](C(=O)NC2CCCCC2)N(Cc2ccc3c(c2)OCO3)C(=O)Cn2nnc3ccccc32)cc1O. The third-order valence-corrected chi connectivity index (χ3v) is 7.85. The van der Waals surface area contributed by atoms with Gasteiger partial charge in [0.1, 0.15) is 18.1 Å². The fourth-order valence-electron chi connectivity index (χ4n) is 5.69. The van der Waals surface area contributed by atoms with Crippen LogP contribution in [0.15, 0.2) is 60.7 Å². The Morgan fingerprint density at radius 1 is 1.07 bits per heavy atom. The largest absolute Gasteiger partial charge is 0.504 e. The predicted octanol–water partition coefficient (Wildman–Crippen LogP) is 4.09. The second kappa shape index (κ2) is 12.0. The number of hydrogen-bond donors (Lipinski definition) is 2. The van der Waals surface area contributed by atoms with Gasteiger partial charge < -0.3 is 29.5 Å². The molecule has 2 N–H and O–H groups in total. The van der Waals surface area contributed by atoms with E-state index in [9.17, 15) is 14.7 Å². The Hall–Kier alpha value is -4.80. The summed E-state index contributed by atoms with van der Waals surface area (Å²) in [7, 11) is 1.46. The molecule has 2 heterocycles. The predicted molar refractivity (Wildman–Crippen MR) is 153 cm³/mol. The van der Waals surface area contributed by atoms with Gasteiger partial charge in [-0.3, -0.25) is 9.59 Å². The quantitative estimate of drug-likeness (QED) is 0.308. The minimum atomic E-state index is -1.04. The van der Waals surface area contributed by atoms with Gasteiger partial charge in [-0.25, -0.2) is 4.68 Å². The number of aromatic nitrogens is 3. The van der Waals surface area contributed by atoms with Crippen molar-refractivity contribution in [3.8, 4) is 23.0 Å². The number of rotatable bonds is 9. The summed E-state index contributed by atoms with van der Waals surface area (Å²) in [6.45, 7) is 0.0798. The molecule has 6 rings (SSSR count).